The van der Waals surface area contributed by atoms with Gasteiger partial charge in [0, 0.05) is 12.1 Å². The number of carbonyl (C=O) groups excluding carboxylic acids is 1. The van der Waals surface area contributed by atoms with Crippen LogP contribution < -0.4 is 5.32 Å². The zero-order valence-corrected chi connectivity index (χ0v) is 10.8. The summed E-state index contributed by atoms with van der Waals surface area (Å²) in [4.78, 5) is 11.8. The molecule has 21 heavy (non-hydrogen) atoms. The zero-order chi connectivity index (χ0) is 15.5. The topological polar surface area (TPSA) is 49.3 Å². The summed E-state index contributed by atoms with van der Waals surface area (Å²) in [6.07, 6.45) is -4.46. The molecule has 2 aromatic carbocycles. The predicted octanol–water partition coefficient (Wildman–Crippen LogP) is 3.34. The Bertz CT molecular complexity index is 636. The Balaban J connectivity index is 2.10. The maximum atomic E-state index is 12.8. The molecule has 0 bridgehead atoms. The van der Waals surface area contributed by atoms with E-state index in [1.54, 1.807) is 0 Å². The van der Waals surface area contributed by atoms with E-state index in [2.05, 4.69) is 5.32 Å². The van der Waals surface area contributed by atoms with E-state index in [1.807, 2.05) is 0 Å². The maximum absolute atomic E-state index is 12.8. The fraction of sp³-hybridized carbons (Fsp3) is 0.133. The van der Waals surface area contributed by atoms with Crippen LogP contribution in [0.3, 0.4) is 0 Å². The van der Waals surface area contributed by atoms with Crippen molar-refractivity contribution in [1.29, 1.82) is 0 Å². The largest absolute Gasteiger partial charge is 0.508 e. The van der Waals surface area contributed by atoms with Crippen LogP contribution in [0.1, 0.15) is 21.5 Å². The molecule has 0 fully saturated rings. The van der Waals surface area contributed by atoms with Gasteiger partial charge in [0.1, 0.15) is 5.75 Å². The molecule has 1 amide bonds. The number of phenols is 1. The van der Waals surface area contributed by atoms with Crippen molar-refractivity contribution in [2.24, 2.45) is 0 Å². The molecule has 2 rings (SSSR count). The summed E-state index contributed by atoms with van der Waals surface area (Å²) in [5, 5.41) is 11.5. The van der Waals surface area contributed by atoms with Crippen LogP contribution >= 0.6 is 0 Å². The van der Waals surface area contributed by atoms with E-state index in [0.29, 0.717) is 0 Å². The number of benzene rings is 2. The first-order chi connectivity index (χ1) is 9.88. The number of alkyl halides is 3. The summed E-state index contributed by atoms with van der Waals surface area (Å²) < 4.78 is 38.4. The molecule has 0 spiro atoms. The Hall–Kier alpha value is -2.50. The molecule has 0 saturated heterocycles. The van der Waals surface area contributed by atoms with Crippen LogP contribution in [0.25, 0.3) is 0 Å². The smallest absolute Gasteiger partial charge is 0.416 e. The second kappa shape index (κ2) is 5.87. The average Bonchev–Trinajstić information content (AvgIpc) is 2.45. The van der Waals surface area contributed by atoms with Crippen molar-refractivity contribution in [3.8, 4) is 5.75 Å². The lowest BCUT2D eigenvalue weighted by Gasteiger charge is -2.13. The minimum Gasteiger partial charge on any atom is -0.508 e. The Morgan fingerprint density at radius 1 is 1.05 bits per heavy atom. The van der Waals surface area contributed by atoms with E-state index in [0.717, 1.165) is 6.07 Å². The summed E-state index contributed by atoms with van der Waals surface area (Å²) in [7, 11) is 0. The van der Waals surface area contributed by atoms with Crippen molar-refractivity contribution in [3.05, 3.63) is 65.2 Å². The van der Waals surface area contributed by atoms with Crippen molar-refractivity contribution in [1.82, 2.24) is 5.32 Å². The van der Waals surface area contributed by atoms with Crippen molar-refractivity contribution in [3.63, 3.8) is 0 Å². The molecule has 0 aliphatic heterocycles. The minimum atomic E-state index is -4.46. The van der Waals surface area contributed by atoms with E-state index in [4.69, 9.17) is 5.11 Å². The number of hydrogen-bond donors (Lipinski definition) is 2. The van der Waals surface area contributed by atoms with Gasteiger partial charge >= 0.3 is 6.18 Å². The van der Waals surface area contributed by atoms with Crippen LogP contribution in [0.15, 0.2) is 48.5 Å². The van der Waals surface area contributed by atoms with E-state index < -0.39 is 17.6 Å². The van der Waals surface area contributed by atoms with Crippen molar-refractivity contribution in [2.45, 2.75) is 12.7 Å². The number of halogens is 3. The fourth-order valence-corrected chi connectivity index (χ4v) is 1.84. The number of hydrogen-bond acceptors (Lipinski definition) is 2. The second-order valence-electron chi connectivity index (χ2n) is 4.38. The Labute approximate surface area is 119 Å². The first-order valence-electron chi connectivity index (χ1n) is 6.10. The maximum Gasteiger partial charge on any atom is 0.416 e. The zero-order valence-electron chi connectivity index (χ0n) is 10.8. The molecule has 3 nitrogen and oxygen atoms in total. The lowest BCUT2D eigenvalue weighted by atomic mass is 10.1. The van der Waals surface area contributed by atoms with Crippen LogP contribution in [0.2, 0.25) is 0 Å². The number of phenolic OH excluding ortho intramolecular Hbond substituents is 1. The molecule has 0 unspecified atom stereocenters. The number of aromatic hydroxyl groups is 1. The highest BCUT2D eigenvalue weighted by atomic mass is 19.4. The van der Waals surface area contributed by atoms with Gasteiger partial charge in [0.05, 0.1) is 5.56 Å². The van der Waals surface area contributed by atoms with E-state index >= 15 is 0 Å². The SMILES string of the molecule is O=C(NCc1ccccc1C(F)(F)F)c1ccc(O)cc1. The quantitative estimate of drug-likeness (QED) is 0.912. The van der Waals surface area contributed by atoms with Crippen molar-refractivity contribution < 1.29 is 23.1 Å². The van der Waals surface area contributed by atoms with E-state index in [-0.39, 0.29) is 23.4 Å². The third kappa shape index (κ3) is 3.75. The minimum absolute atomic E-state index is 0.00266. The highest BCUT2D eigenvalue weighted by Crippen LogP contribution is 2.31. The molecular formula is C15H12F3NO2. The highest BCUT2D eigenvalue weighted by Gasteiger charge is 2.32. The summed E-state index contributed by atoms with van der Waals surface area (Å²) in [6, 6.07) is 10.5. The molecule has 2 aromatic rings. The first kappa shape index (κ1) is 14.9. The predicted molar refractivity (Wildman–Crippen MR) is 70.7 cm³/mol. The highest BCUT2D eigenvalue weighted by molar-refractivity contribution is 5.94. The van der Waals surface area contributed by atoms with Gasteiger partial charge in [0.2, 0.25) is 0 Å². The summed E-state index contributed by atoms with van der Waals surface area (Å²) >= 11 is 0. The normalized spacial score (nSPS) is 11.2. The Morgan fingerprint density at radius 2 is 1.67 bits per heavy atom. The molecule has 0 saturated carbocycles. The molecule has 110 valence electrons. The van der Waals surface area contributed by atoms with Gasteiger partial charge in [-0.3, -0.25) is 4.79 Å². The number of nitrogens with one attached hydrogen (secondary N) is 1. The molecule has 0 aromatic heterocycles. The van der Waals surface area contributed by atoms with Crippen LogP contribution in [-0.2, 0) is 12.7 Å². The third-order valence-electron chi connectivity index (χ3n) is 2.89. The van der Waals surface area contributed by atoms with Gasteiger partial charge in [-0.1, -0.05) is 18.2 Å². The third-order valence-corrected chi connectivity index (χ3v) is 2.89. The Kier molecular flexibility index (Phi) is 4.16. The van der Waals surface area contributed by atoms with Gasteiger partial charge in [-0.05, 0) is 35.9 Å². The molecule has 6 heteroatoms. The monoisotopic (exact) mass is 295 g/mol. The summed E-state index contributed by atoms with van der Waals surface area (Å²) in [5.41, 5.74) is -0.509. The van der Waals surface area contributed by atoms with Gasteiger partial charge < -0.3 is 10.4 Å². The molecule has 0 heterocycles. The fourth-order valence-electron chi connectivity index (χ4n) is 1.84. The van der Waals surface area contributed by atoms with Gasteiger partial charge in [-0.25, -0.2) is 0 Å². The average molecular weight is 295 g/mol. The van der Waals surface area contributed by atoms with Crippen molar-refractivity contribution >= 4 is 5.91 Å². The molecule has 0 aliphatic carbocycles. The number of carbonyl (C=O) groups is 1. The molecule has 0 aliphatic rings. The lowest BCUT2D eigenvalue weighted by molar-refractivity contribution is -0.138. The molecular weight excluding hydrogens is 283 g/mol. The van der Waals surface area contributed by atoms with Crippen LogP contribution in [0.5, 0.6) is 5.75 Å². The van der Waals surface area contributed by atoms with Gasteiger partial charge in [0.15, 0.2) is 0 Å². The van der Waals surface area contributed by atoms with Crippen LogP contribution in [0, 0.1) is 0 Å². The van der Waals surface area contributed by atoms with Gasteiger partial charge in [-0.15, -0.1) is 0 Å². The lowest BCUT2D eigenvalue weighted by Crippen LogP contribution is -2.24. The first-order valence-corrected chi connectivity index (χ1v) is 6.10. The van der Waals surface area contributed by atoms with Gasteiger partial charge in [0.25, 0.3) is 5.91 Å². The van der Waals surface area contributed by atoms with Gasteiger partial charge in [-0.2, -0.15) is 13.2 Å². The standard InChI is InChI=1S/C15H12F3NO2/c16-15(17,18)13-4-2-1-3-11(13)9-19-14(21)10-5-7-12(20)8-6-10/h1-8,20H,9H2,(H,19,21). The summed E-state index contributed by atoms with van der Waals surface area (Å²) in [5.74, 6) is -0.499. The molecule has 0 radical (unpaired) electrons. The van der Waals surface area contributed by atoms with E-state index in [1.165, 1.54) is 42.5 Å². The number of rotatable bonds is 3. The van der Waals surface area contributed by atoms with Crippen LogP contribution in [-0.4, -0.2) is 11.0 Å². The van der Waals surface area contributed by atoms with Crippen molar-refractivity contribution in [2.75, 3.05) is 0 Å². The molecule has 0 atom stereocenters. The van der Waals surface area contributed by atoms with Crippen LogP contribution in [0.4, 0.5) is 13.2 Å². The second-order valence-corrected chi connectivity index (χ2v) is 4.38. The van der Waals surface area contributed by atoms with E-state index in [9.17, 15) is 18.0 Å². The summed E-state index contributed by atoms with van der Waals surface area (Å²) in [6.45, 7) is -0.227. The molecule has 2 N–H and O–H groups in total. The Morgan fingerprint density at radius 3 is 2.29 bits per heavy atom. The number of amides is 1.